The molecule has 0 unspecified atom stereocenters. The molecule has 134 valence electrons. The number of hydrogen-bond acceptors (Lipinski definition) is 2. The zero-order chi connectivity index (χ0) is 18.4. The molecule has 1 fully saturated rings. The summed E-state index contributed by atoms with van der Waals surface area (Å²) in [4.78, 5) is 12.1. The predicted molar refractivity (Wildman–Crippen MR) is 101 cm³/mol. The van der Waals surface area contributed by atoms with Gasteiger partial charge in [-0.15, -0.1) is 0 Å². The third-order valence-electron chi connectivity index (χ3n) is 5.75. The van der Waals surface area contributed by atoms with Crippen molar-refractivity contribution in [2.45, 2.75) is 36.6 Å². The second kappa shape index (κ2) is 6.13. The van der Waals surface area contributed by atoms with Crippen LogP contribution in [0.1, 0.15) is 36.8 Å². The van der Waals surface area contributed by atoms with Gasteiger partial charge in [-0.2, -0.15) is 0 Å². The van der Waals surface area contributed by atoms with Gasteiger partial charge >= 0.3 is 5.97 Å². The summed E-state index contributed by atoms with van der Waals surface area (Å²) in [5, 5.41) is 13.7. The van der Waals surface area contributed by atoms with Crippen LogP contribution < -0.4 is 5.32 Å². The number of aliphatic carboxylic acids is 1. The van der Waals surface area contributed by atoms with Crippen LogP contribution in [0.2, 0.25) is 5.02 Å². The van der Waals surface area contributed by atoms with E-state index in [0.29, 0.717) is 36.4 Å². The Hall–Kier alpha value is -2.33. The molecule has 2 aliphatic carbocycles. The second-order valence-electron chi connectivity index (χ2n) is 7.24. The number of rotatable bonds is 3. The number of allylic oxidation sites excluding steroid dienone is 1. The van der Waals surface area contributed by atoms with Gasteiger partial charge in [-0.3, -0.25) is 0 Å². The SMILES string of the molecule is O=C(O)C1(Nc2cccc(Cl)c2)CCC2(C=Cc3cc(F)ccc32)CC1. The lowest BCUT2D eigenvalue weighted by Gasteiger charge is -2.43. The highest BCUT2D eigenvalue weighted by molar-refractivity contribution is 6.30. The van der Waals surface area contributed by atoms with Crippen LogP contribution in [0.25, 0.3) is 6.08 Å². The summed E-state index contributed by atoms with van der Waals surface area (Å²) in [7, 11) is 0. The minimum Gasteiger partial charge on any atom is -0.480 e. The summed E-state index contributed by atoms with van der Waals surface area (Å²) >= 11 is 6.03. The van der Waals surface area contributed by atoms with Crippen LogP contribution in [0, 0.1) is 5.82 Å². The molecule has 0 heterocycles. The molecule has 0 aliphatic heterocycles. The molecule has 2 N–H and O–H groups in total. The number of carboxylic acids is 1. The van der Waals surface area contributed by atoms with Gasteiger partial charge < -0.3 is 10.4 Å². The Morgan fingerprint density at radius 2 is 1.88 bits per heavy atom. The van der Waals surface area contributed by atoms with Crippen LogP contribution in [-0.2, 0) is 10.2 Å². The fraction of sp³-hybridized carbons (Fsp3) is 0.286. The molecular weight excluding hydrogens is 353 g/mol. The predicted octanol–water partition coefficient (Wildman–Crippen LogP) is 5.25. The van der Waals surface area contributed by atoms with E-state index in [4.69, 9.17) is 11.6 Å². The quantitative estimate of drug-likeness (QED) is 0.774. The molecule has 4 rings (SSSR count). The first kappa shape index (κ1) is 17.1. The summed E-state index contributed by atoms with van der Waals surface area (Å²) in [6, 6.07) is 12.0. The monoisotopic (exact) mass is 371 g/mol. The van der Waals surface area contributed by atoms with E-state index in [1.165, 1.54) is 6.07 Å². The van der Waals surface area contributed by atoms with Crippen LogP contribution in [0.4, 0.5) is 10.1 Å². The number of nitrogens with one attached hydrogen (secondary N) is 1. The minimum atomic E-state index is -1.02. The van der Waals surface area contributed by atoms with Crippen molar-refractivity contribution in [3.05, 3.63) is 70.5 Å². The molecule has 1 saturated carbocycles. The number of fused-ring (bicyclic) bond motifs is 2. The first-order valence-electron chi connectivity index (χ1n) is 8.69. The van der Waals surface area contributed by atoms with Gasteiger partial charge in [0.2, 0.25) is 0 Å². The van der Waals surface area contributed by atoms with E-state index < -0.39 is 11.5 Å². The minimum absolute atomic E-state index is 0.196. The van der Waals surface area contributed by atoms with Crippen molar-refractivity contribution in [2.24, 2.45) is 0 Å². The molecule has 0 radical (unpaired) electrons. The molecule has 0 bridgehead atoms. The highest BCUT2D eigenvalue weighted by Crippen LogP contribution is 2.49. The van der Waals surface area contributed by atoms with Crippen molar-refractivity contribution in [1.82, 2.24) is 0 Å². The highest BCUT2D eigenvalue weighted by Gasteiger charge is 2.48. The Bertz CT molecular complexity index is 901. The van der Waals surface area contributed by atoms with E-state index in [-0.39, 0.29) is 11.2 Å². The maximum atomic E-state index is 13.5. The Labute approximate surface area is 156 Å². The van der Waals surface area contributed by atoms with Crippen molar-refractivity contribution < 1.29 is 14.3 Å². The first-order chi connectivity index (χ1) is 12.4. The summed E-state index contributed by atoms with van der Waals surface area (Å²) < 4.78 is 13.5. The zero-order valence-corrected chi connectivity index (χ0v) is 14.9. The topological polar surface area (TPSA) is 49.3 Å². The second-order valence-corrected chi connectivity index (χ2v) is 7.68. The lowest BCUT2D eigenvalue weighted by Crippen LogP contribution is -2.51. The summed E-state index contributed by atoms with van der Waals surface area (Å²) in [5.41, 5.74) is 1.49. The lowest BCUT2D eigenvalue weighted by atomic mass is 9.65. The molecule has 2 aliphatic rings. The van der Waals surface area contributed by atoms with Crippen LogP contribution in [0.5, 0.6) is 0 Å². The maximum absolute atomic E-state index is 13.5. The standard InChI is InChI=1S/C21H19ClFNO2/c22-15-2-1-3-17(13-15)24-21(19(25)26)10-8-20(9-11-21)7-6-14-12-16(23)4-5-18(14)20/h1-7,12-13,24H,8-11H2,(H,25,26). The molecular formula is C21H19ClFNO2. The van der Waals surface area contributed by atoms with Crippen molar-refractivity contribution in [2.75, 3.05) is 5.32 Å². The number of carbonyl (C=O) groups is 1. The Morgan fingerprint density at radius 1 is 1.12 bits per heavy atom. The Kier molecular flexibility index (Phi) is 4.03. The third-order valence-corrected chi connectivity index (χ3v) is 5.98. The molecule has 3 nitrogen and oxygen atoms in total. The van der Waals surface area contributed by atoms with Crippen molar-refractivity contribution in [3.63, 3.8) is 0 Å². The van der Waals surface area contributed by atoms with E-state index in [1.807, 2.05) is 18.2 Å². The molecule has 0 aromatic heterocycles. The lowest BCUT2D eigenvalue weighted by molar-refractivity contribution is -0.143. The van der Waals surface area contributed by atoms with E-state index in [1.54, 1.807) is 24.3 Å². The van der Waals surface area contributed by atoms with Crippen molar-refractivity contribution >= 4 is 29.3 Å². The summed E-state index contributed by atoms with van der Waals surface area (Å²) in [5.74, 6) is -1.10. The average molecular weight is 372 g/mol. The van der Waals surface area contributed by atoms with Gasteiger partial charge in [0.15, 0.2) is 0 Å². The summed E-state index contributed by atoms with van der Waals surface area (Å²) in [6.07, 6.45) is 6.43. The number of carboxylic acid groups (broad SMARTS) is 1. The van der Waals surface area contributed by atoms with Crippen LogP contribution >= 0.6 is 11.6 Å². The van der Waals surface area contributed by atoms with Crippen molar-refractivity contribution in [3.8, 4) is 0 Å². The van der Waals surface area contributed by atoms with Crippen LogP contribution in [0.3, 0.4) is 0 Å². The third kappa shape index (κ3) is 2.78. The molecule has 26 heavy (non-hydrogen) atoms. The average Bonchev–Trinajstić information content (AvgIpc) is 2.95. The molecule has 0 saturated heterocycles. The molecule has 0 amide bonds. The van der Waals surface area contributed by atoms with Gasteiger partial charge in [0.05, 0.1) is 0 Å². The molecule has 1 spiro atoms. The molecule has 2 aromatic rings. The Balaban J connectivity index is 1.60. The van der Waals surface area contributed by atoms with Gasteiger partial charge in [0.1, 0.15) is 11.4 Å². The molecule has 5 heteroatoms. The Morgan fingerprint density at radius 3 is 2.58 bits per heavy atom. The fourth-order valence-corrected chi connectivity index (χ4v) is 4.45. The smallest absolute Gasteiger partial charge is 0.329 e. The molecule has 2 aromatic carbocycles. The van der Waals surface area contributed by atoms with E-state index in [9.17, 15) is 14.3 Å². The van der Waals surface area contributed by atoms with Gasteiger partial charge in [-0.05, 0) is 67.1 Å². The largest absolute Gasteiger partial charge is 0.480 e. The van der Waals surface area contributed by atoms with Gasteiger partial charge in [-0.25, -0.2) is 9.18 Å². The normalized spacial score (nSPS) is 26.7. The fourth-order valence-electron chi connectivity index (χ4n) is 4.26. The van der Waals surface area contributed by atoms with Gasteiger partial charge in [0, 0.05) is 16.1 Å². The summed E-state index contributed by atoms with van der Waals surface area (Å²) in [6.45, 7) is 0. The number of benzene rings is 2. The van der Waals surface area contributed by atoms with Crippen LogP contribution in [-0.4, -0.2) is 16.6 Å². The molecule has 0 atom stereocenters. The maximum Gasteiger partial charge on any atom is 0.329 e. The van der Waals surface area contributed by atoms with E-state index in [2.05, 4.69) is 11.4 Å². The number of anilines is 1. The van der Waals surface area contributed by atoms with Crippen LogP contribution in [0.15, 0.2) is 48.5 Å². The van der Waals surface area contributed by atoms with Gasteiger partial charge in [0.25, 0.3) is 0 Å². The number of halogens is 2. The van der Waals surface area contributed by atoms with E-state index in [0.717, 1.165) is 11.1 Å². The van der Waals surface area contributed by atoms with E-state index >= 15 is 0 Å². The zero-order valence-electron chi connectivity index (χ0n) is 14.1. The number of hydrogen-bond donors (Lipinski definition) is 2. The van der Waals surface area contributed by atoms with Crippen molar-refractivity contribution in [1.29, 1.82) is 0 Å². The first-order valence-corrected chi connectivity index (χ1v) is 9.07. The highest BCUT2D eigenvalue weighted by atomic mass is 35.5. The van der Waals surface area contributed by atoms with Gasteiger partial charge in [-0.1, -0.05) is 35.9 Å².